The van der Waals surface area contributed by atoms with Gasteiger partial charge in [-0.05, 0) is 32.1 Å². The van der Waals surface area contributed by atoms with Gasteiger partial charge in [-0.3, -0.25) is 9.98 Å². The van der Waals surface area contributed by atoms with E-state index in [1.165, 1.54) is 32.1 Å². The Hall–Kier alpha value is -1.43. The Kier molecular flexibility index (Phi) is 5.62. The molecule has 0 N–H and O–H groups in total. The molecule has 92 valence electrons. The number of hydrogen-bond acceptors (Lipinski definition) is 3. The van der Waals surface area contributed by atoms with Crippen molar-refractivity contribution < 1.29 is 0 Å². The largest absolute Gasteiger partial charge is 0.278 e. The smallest absolute Gasteiger partial charge is 0.126 e. The Morgan fingerprint density at radius 1 is 1.41 bits per heavy atom. The van der Waals surface area contributed by atoms with Gasteiger partial charge in [0.15, 0.2) is 0 Å². The molecule has 0 amide bonds. The van der Waals surface area contributed by atoms with E-state index < -0.39 is 0 Å². The van der Waals surface area contributed by atoms with E-state index in [1.54, 1.807) is 6.21 Å². The summed E-state index contributed by atoms with van der Waals surface area (Å²) in [6.07, 6.45) is 11.0. The average molecular weight is 231 g/mol. The van der Waals surface area contributed by atoms with Crippen molar-refractivity contribution >= 4 is 12.9 Å². The highest BCUT2D eigenvalue weighted by Gasteiger charge is 2.33. The number of hydrogen-bond donors (Lipinski definition) is 0. The lowest BCUT2D eigenvalue weighted by Crippen LogP contribution is -2.25. The van der Waals surface area contributed by atoms with Crippen molar-refractivity contribution in [1.82, 2.24) is 0 Å². The molecule has 1 saturated carbocycles. The Morgan fingerprint density at radius 2 is 2.12 bits per heavy atom. The molecule has 0 bridgehead atoms. The fraction of sp³-hybridized carbons (Fsp3) is 0.643. The summed E-state index contributed by atoms with van der Waals surface area (Å²) in [6, 6.07) is 1.99. The van der Waals surface area contributed by atoms with Crippen molar-refractivity contribution in [3.63, 3.8) is 0 Å². The molecule has 0 aliphatic heterocycles. The molecule has 0 heterocycles. The zero-order valence-corrected chi connectivity index (χ0v) is 10.7. The first-order valence-electron chi connectivity index (χ1n) is 6.33. The fourth-order valence-corrected chi connectivity index (χ4v) is 2.63. The van der Waals surface area contributed by atoms with Crippen LogP contribution in [0.5, 0.6) is 0 Å². The van der Waals surface area contributed by atoms with E-state index in [2.05, 4.69) is 23.6 Å². The summed E-state index contributed by atoms with van der Waals surface area (Å²) >= 11 is 0. The van der Waals surface area contributed by atoms with Gasteiger partial charge in [-0.1, -0.05) is 26.2 Å². The van der Waals surface area contributed by atoms with Crippen molar-refractivity contribution in [2.75, 3.05) is 6.54 Å². The zero-order valence-electron chi connectivity index (χ0n) is 10.7. The van der Waals surface area contributed by atoms with Gasteiger partial charge in [0.2, 0.25) is 0 Å². The summed E-state index contributed by atoms with van der Waals surface area (Å²) < 4.78 is 0. The van der Waals surface area contributed by atoms with Gasteiger partial charge in [0.1, 0.15) is 6.54 Å². The van der Waals surface area contributed by atoms with Crippen LogP contribution in [0.4, 0.5) is 0 Å². The van der Waals surface area contributed by atoms with Gasteiger partial charge >= 0.3 is 0 Å². The maximum atomic E-state index is 8.41. The molecule has 0 aromatic carbocycles. The highest BCUT2D eigenvalue weighted by Crippen LogP contribution is 2.45. The number of allylic oxidation sites excluding steroid dienone is 2. The van der Waals surface area contributed by atoms with Crippen molar-refractivity contribution in [3.8, 4) is 6.07 Å². The number of aliphatic imine (C=N–C) groups is 2. The molecule has 0 aromatic heterocycles. The highest BCUT2D eigenvalue weighted by atomic mass is 14.8. The van der Waals surface area contributed by atoms with Crippen molar-refractivity contribution in [2.45, 2.75) is 45.4 Å². The molecule has 3 heteroatoms. The number of nitriles is 1. The van der Waals surface area contributed by atoms with Crippen LogP contribution in [0, 0.1) is 16.7 Å². The van der Waals surface area contributed by atoms with E-state index >= 15 is 0 Å². The van der Waals surface area contributed by atoms with E-state index in [-0.39, 0.29) is 12.0 Å². The minimum absolute atomic E-state index is 0.193. The van der Waals surface area contributed by atoms with Gasteiger partial charge in [-0.25, -0.2) is 0 Å². The normalized spacial score (nSPS) is 20.1. The number of nitrogens with zero attached hydrogens (tertiary/aromatic N) is 3. The lowest BCUT2D eigenvalue weighted by atomic mass is 9.70. The van der Waals surface area contributed by atoms with Crippen LogP contribution in [0.25, 0.3) is 0 Å². The Balaban J connectivity index is 2.82. The molecule has 0 atom stereocenters. The van der Waals surface area contributed by atoms with Gasteiger partial charge in [0.25, 0.3) is 0 Å². The molecule has 0 spiro atoms. The first-order chi connectivity index (χ1) is 8.29. The summed E-state index contributed by atoms with van der Waals surface area (Å²) in [4.78, 5) is 8.18. The van der Waals surface area contributed by atoms with Crippen LogP contribution in [-0.4, -0.2) is 19.5 Å². The van der Waals surface area contributed by atoms with Crippen LogP contribution in [0.1, 0.15) is 45.4 Å². The van der Waals surface area contributed by atoms with E-state index in [4.69, 9.17) is 5.26 Å². The second kappa shape index (κ2) is 7.01. The third-order valence-corrected chi connectivity index (χ3v) is 3.70. The molecular weight excluding hydrogens is 210 g/mol. The minimum atomic E-state index is 0.193. The third kappa shape index (κ3) is 3.52. The van der Waals surface area contributed by atoms with E-state index in [0.717, 1.165) is 12.1 Å². The van der Waals surface area contributed by atoms with E-state index in [1.807, 2.05) is 12.1 Å². The first kappa shape index (κ1) is 13.6. The minimum Gasteiger partial charge on any atom is -0.278 e. The summed E-state index contributed by atoms with van der Waals surface area (Å²) in [5.74, 6) is 0. The van der Waals surface area contributed by atoms with Gasteiger partial charge in [-0.2, -0.15) is 5.26 Å². The number of rotatable bonds is 5. The lowest BCUT2D eigenvalue weighted by molar-refractivity contribution is 0.229. The molecule has 0 saturated heterocycles. The standard InChI is InChI=1S/C14H21N3/c1-3-14(8-5-4-6-9-14)13(16-2)7-11-17-12-10-15/h7,11H,2-6,8-9,12H2,1H3/b13-7-,17-11?. The topological polar surface area (TPSA) is 48.5 Å². The zero-order chi connectivity index (χ0) is 12.6. The van der Waals surface area contributed by atoms with Crippen LogP contribution in [0.2, 0.25) is 0 Å². The molecule has 0 aromatic rings. The van der Waals surface area contributed by atoms with Crippen molar-refractivity contribution in [1.29, 1.82) is 5.26 Å². The molecular formula is C14H21N3. The molecule has 0 unspecified atom stereocenters. The molecule has 3 nitrogen and oxygen atoms in total. The van der Waals surface area contributed by atoms with Gasteiger partial charge in [-0.15, -0.1) is 0 Å². The van der Waals surface area contributed by atoms with Crippen LogP contribution < -0.4 is 0 Å². The maximum absolute atomic E-state index is 8.41. The van der Waals surface area contributed by atoms with Gasteiger partial charge in [0.05, 0.1) is 6.07 Å². The predicted octanol–water partition coefficient (Wildman–Crippen LogP) is 3.53. The summed E-state index contributed by atoms with van der Waals surface area (Å²) in [6.45, 7) is 6.11. The van der Waals surface area contributed by atoms with Crippen molar-refractivity contribution in [2.24, 2.45) is 15.4 Å². The molecule has 1 rings (SSSR count). The quantitative estimate of drug-likeness (QED) is 0.527. The molecule has 17 heavy (non-hydrogen) atoms. The fourth-order valence-electron chi connectivity index (χ4n) is 2.63. The van der Waals surface area contributed by atoms with Crippen LogP contribution in [0.3, 0.4) is 0 Å². The molecule has 1 aliphatic rings. The van der Waals surface area contributed by atoms with Gasteiger partial charge < -0.3 is 0 Å². The second-order valence-electron chi connectivity index (χ2n) is 4.55. The summed E-state index contributed by atoms with van der Waals surface area (Å²) in [7, 11) is 0. The average Bonchev–Trinajstić information content (AvgIpc) is 2.39. The Bertz CT molecular complexity index is 341. The van der Waals surface area contributed by atoms with Crippen LogP contribution >= 0.6 is 0 Å². The van der Waals surface area contributed by atoms with Gasteiger partial charge in [0, 0.05) is 17.3 Å². The summed E-state index contributed by atoms with van der Waals surface area (Å²) in [5, 5.41) is 8.41. The van der Waals surface area contributed by atoms with Crippen LogP contribution in [0.15, 0.2) is 21.8 Å². The first-order valence-corrected chi connectivity index (χ1v) is 6.33. The van der Waals surface area contributed by atoms with Crippen LogP contribution in [-0.2, 0) is 0 Å². The van der Waals surface area contributed by atoms with E-state index in [9.17, 15) is 0 Å². The molecule has 0 radical (unpaired) electrons. The highest BCUT2D eigenvalue weighted by molar-refractivity contribution is 5.73. The maximum Gasteiger partial charge on any atom is 0.126 e. The summed E-state index contributed by atoms with van der Waals surface area (Å²) in [5.41, 5.74) is 1.24. The predicted molar refractivity (Wildman–Crippen MR) is 72.4 cm³/mol. The van der Waals surface area contributed by atoms with Crippen molar-refractivity contribution in [3.05, 3.63) is 11.8 Å². The molecule has 1 aliphatic carbocycles. The molecule has 1 fully saturated rings. The Labute approximate surface area is 104 Å². The second-order valence-corrected chi connectivity index (χ2v) is 4.55. The third-order valence-electron chi connectivity index (χ3n) is 3.70. The van der Waals surface area contributed by atoms with E-state index in [0.29, 0.717) is 0 Å². The lowest BCUT2D eigenvalue weighted by Gasteiger charge is -2.36. The SMILES string of the molecule is C=N/C(=C\C=NCC#N)C1(CC)CCCCC1. The monoisotopic (exact) mass is 231 g/mol. The Morgan fingerprint density at radius 3 is 2.65 bits per heavy atom.